The monoisotopic (exact) mass is 299 g/mol. The zero-order valence-corrected chi connectivity index (χ0v) is 11.4. The van der Waals surface area contributed by atoms with Crippen molar-refractivity contribution in [3.05, 3.63) is 16.0 Å². The van der Waals surface area contributed by atoms with Gasteiger partial charge in [-0.15, -0.1) is 0 Å². The van der Waals surface area contributed by atoms with Gasteiger partial charge in [-0.2, -0.15) is 10.2 Å². The molecule has 1 amide bonds. The van der Waals surface area contributed by atoms with E-state index in [4.69, 9.17) is 0 Å². The van der Waals surface area contributed by atoms with Gasteiger partial charge in [-0.3, -0.25) is 19.3 Å². The van der Waals surface area contributed by atoms with Gasteiger partial charge in [-0.05, 0) is 6.92 Å². The molecule has 2 rings (SSSR count). The van der Waals surface area contributed by atoms with E-state index in [9.17, 15) is 14.2 Å². The third-order valence-electron chi connectivity index (χ3n) is 2.57. The Bertz CT molecular complexity index is 723. The Hall–Kier alpha value is -2.32. The SMILES string of the molecule is Cc1c2c(NC(=O)OCOP=O)n[nH]c(=O)c2nn1C. The number of nitrogens with zero attached hydrogens (tertiary/aromatic N) is 3. The molecule has 2 N–H and O–H groups in total. The number of nitrogens with one attached hydrogen (secondary N) is 2. The van der Waals surface area contributed by atoms with E-state index < -0.39 is 27.1 Å². The summed E-state index contributed by atoms with van der Waals surface area (Å²) in [6.07, 6.45) is -0.863. The molecule has 20 heavy (non-hydrogen) atoms. The second-order valence-electron chi connectivity index (χ2n) is 3.71. The fourth-order valence-corrected chi connectivity index (χ4v) is 1.69. The summed E-state index contributed by atoms with van der Waals surface area (Å²) in [5.41, 5.74) is 0.351. The minimum absolute atomic E-state index is 0.106. The molecule has 0 bridgehead atoms. The number of rotatable bonds is 4. The highest BCUT2D eigenvalue weighted by Crippen LogP contribution is 2.20. The third-order valence-corrected chi connectivity index (χ3v) is 2.78. The van der Waals surface area contributed by atoms with E-state index in [1.807, 2.05) is 0 Å². The smallest absolute Gasteiger partial charge is 0.415 e. The number of amides is 1. The molecule has 0 aliphatic rings. The summed E-state index contributed by atoms with van der Waals surface area (Å²) in [5.74, 6) is 0.106. The lowest BCUT2D eigenvalue weighted by Crippen LogP contribution is -2.18. The van der Waals surface area contributed by atoms with Gasteiger partial charge in [0.1, 0.15) is 0 Å². The lowest BCUT2D eigenvalue weighted by atomic mass is 10.2. The molecule has 0 saturated carbocycles. The van der Waals surface area contributed by atoms with Crippen molar-refractivity contribution in [2.24, 2.45) is 7.05 Å². The summed E-state index contributed by atoms with van der Waals surface area (Å²) in [4.78, 5) is 23.1. The molecule has 2 aromatic rings. The number of hydrogen-bond donors (Lipinski definition) is 2. The molecule has 10 nitrogen and oxygen atoms in total. The number of aromatic amines is 1. The maximum Gasteiger partial charge on any atom is 0.415 e. The van der Waals surface area contributed by atoms with E-state index in [0.29, 0.717) is 11.1 Å². The minimum atomic E-state index is -0.863. The number of anilines is 1. The number of aryl methyl sites for hydroxylation is 2. The first-order valence-electron chi connectivity index (χ1n) is 5.35. The molecule has 0 atom stereocenters. The van der Waals surface area contributed by atoms with Gasteiger partial charge in [-0.25, -0.2) is 14.5 Å². The van der Waals surface area contributed by atoms with Crippen molar-refractivity contribution in [3.63, 3.8) is 0 Å². The molecular formula is C9H10N5O5P. The maximum atomic E-state index is 11.6. The molecule has 0 spiro atoms. The molecule has 0 radical (unpaired) electrons. The summed E-state index contributed by atoms with van der Waals surface area (Å²) < 4.78 is 20.4. The molecule has 0 aliphatic heterocycles. The minimum Gasteiger partial charge on any atom is -0.421 e. The molecule has 0 aliphatic carbocycles. The zero-order chi connectivity index (χ0) is 14.7. The number of hydrogen-bond acceptors (Lipinski definition) is 7. The average molecular weight is 299 g/mol. The van der Waals surface area contributed by atoms with Crippen molar-refractivity contribution in [2.45, 2.75) is 6.92 Å². The Balaban J connectivity index is 2.31. The Morgan fingerprint density at radius 1 is 1.55 bits per heavy atom. The van der Waals surface area contributed by atoms with Crippen LogP contribution in [0.3, 0.4) is 0 Å². The Labute approximate surface area is 113 Å². The second-order valence-corrected chi connectivity index (χ2v) is 4.12. The van der Waals surface area contributed by atoms with Crippen LogP contribution < -0.4 is 10.9 Å². The van der Waals surface area contributed by atoms with Crippen molar-refractivity contribution >= 4 is 31.5 Å². The van der Waals surface area contributed by atoms with Crippen LogP contribution in [-0.2, 0) is 20.9 Å². The lowest BCUT2D eigenvalue weighted by molar-refractivity contribution is 0.0773. The highest BCUT2D eigenvalue weighted by atomic mass is 31.1. The van der Waals surface area contributed by atoms with Gasteiger partial charge < -0.3 is 4.74 Å². The van der Waals surface area contributed by atoms with E-state index in [1.54, 1.807) is 14.0 Å². The molecule has 0 aromatic carbocycles. The lowest BCUT2D eigenvalue weighted by Gasteiger charge is -2.05. The maximum absolute atomic E-state index is 11.6. The van der Waals surface area contributed by atoms with Gasteiger partial charge in [0.15, 0.2) is 11.3 Å². The fourth-order valence-electron chi connectivity index (χ4n) is 1.59. The Morgan fingerprint density at radius 3 is 3.00 bits per heavy atom. The highest BCUT2D eigenvalue weighted by molar-refractivity contribution is 7.17. The summed E-state index contributed by atoms with van der Waals surface area (Å²) in [6, 6.07) is 0. The van der Waals surface area contributed by atoms with Crippen LogP contribution in [0.4, 0.5) is 10.6 Å². The van der Waals surface area contributed by atoms with Crippen molar-refractivity contribution in [3.8, 4) is 0 Å². The molecular weight excluding hydrogens is 289 g/mol. The largest absolute Gasteiger partial charge is 0.421 e. The van der Waals surface area contributed by atoms with Crippen molar-refractivity contribution in [2.75, 3.05) is 12.1 Å². The summed E-state index contributed by atoms with van der Waals surface area (Å²) >= 11 is 0. The van der Waals surface area contributed by atoms with E-state index in [-0.39, 0.29) is 11.3 Å². The first kappa shape index (κ1) is 14.1. The van der Waals surface area contributed by atoms with Gasteiger partial charge >= 0.3 is 14.8 Å². The Kier molecular flexibility index (Phi) is 4.06. The van der Waals surface area contributed by atoms with Crippen LogP contribution >= 0.6 is 8.69 Å². The van der Waals surface area contributed by atoms with Crippen LogP contribution in [-0.4, -0.2) is 32.9 Å². The first-order valence-corrected chi connectivity index (χ1v) is 6.08. The number of fused-ring (bicyclic) bond motifs is 1. The molecule has 2 heterocycles. The van der Waals surface area contributed by atoms with Crippen LogP contribution in [0.1, 0.15) is 5.69 Å². The number of carbonyl (C=O) groups is 1. The van der Waals surface area contributed by atoms with Crippen LogP contribution in [0.5, 0.6) is 0 Å². The van der Waals surface area contributed by atoms with Crippen molar-refractivity contribution in [1.29, 1.82) is 0 Å². The van der Waals surface area contributed by atoms with Crippen molar-refractivity contribution < 1.29 is 18.6 Å². The molecule has 2 aromatic heterocycles. The topological polar surface area (TPSA) is 128 Å². The van der Waals surface area contributed by atoms with Gasteiger partial charge in [-0.1, -0.05) is 0 Å². The summed E-state index contributed by atoms with van der Waals surface area (Å²) in [7, 11) is 1.07. The number of aromatic nitrogens is 4. The number of ether oxygens (including phenoxy) is 1. The fraction of sp³-hybridized carbons (Fsp3) is 0.333. The number of H-pyrrole nitrogens is 1. The first-order chi connectivity index (χ1) is 9.54. The highest BCUT2D eigenvalue weighted by Gasteiger charge is 2.16. The van der Waals surface area contributed by atoms with E-state index in [1.165, 1.54) is 4.68 Å². The summed E-state index contributed by atoms with van der Waals surface area (Å²) in [5, 5.41) is 12.8. The molecule has 0 fully saturated rings. The third kappa shape index (κ3) is 2.65. The van der Waals surface area contributed by atoms with E-state index >= 15 is 0 Å². The molecule has 0 saturated heterocycles. The zero-order valence-electron chi connectivity index (χ0n) is 10.5. The Morgan fingerprint density at radius 2 is 2.30 bits per heavy atom. The molecule has 11 heteroatoms. The van der Waals surface area contributed by atoms with Gasteiger partial charge in [0, 0.05) is 12.7 Å². The van der Waals surface area contributed by atoms with Crippen molar-refractivity contribution in [1.82, 2.24) is 20.0 Å². The molecule has 106 valence electrons. The quantitative estimate of drug-likeness (QED) is 0.483. The van der Waals surface area contributed by atoms with Crippen LogP contribution in [0.25, 0.3) is 10.9 Å². The summed E-state index contributed by atoms with van der Waals surface area (Å²) in [6.45, 7) is 1.25. The van der Waals surface area contributed by atoms with Gasteiger partial charge in [0.2, 0.25) is 6.79 Å². The predicted octanol–water partition coefficient (Wildman–Crippen LogP) is 0.694. The standard InChI is InChI=1S/C9H10N5O5P/c1-4-5-6(13-14(4)2)8(15)12-11-7(5)10-9(16)18-3-19-20-17/h3H2,1-2H3,(H,12,15)(H,10,11,16). The number of carbonyl (C=O) groups excluding carboxylic acids is 1. The van der Waals surface area contributed by atoms with E-state index in [2.05, 4.69) is 29.9 Å². The van der Waals surface area contributed by atoms with Crippen LogP contribution in [0.2, 0.25) is 0 Å². The van der Waals surface area contributed by atoms with Crippen LogP contribution in [0, 0.1) is 6.92 Å². The predicted molar refractivity (Wildman–Crippen MR) is 67.5 cm³/mol. The second kappa shape index (κ2) is 5.76. The van der Waals surface area contributed by atoms with Crippen LogP contribution in [0.15, 0.2) is 4.79 Å². The van der Waals surface area contributed by atoms with Gasteiger partial charge in [0.05, 0.1) is 5.39 Å². The van der Waals surface area contributed by atoms with Gasteiger partial charge in [0.25, 0.3) is 5.56 Å². The molecule has 0 unspecified atom stereocenters. The average Bonchev–Trinajstić information content (AvgIpc) is 2.71. The van der Waals surface area contributed by atoms with E-state index in [0.717, 1.165) is 0 Å². The normalized spacial score (nSPS) is 10.9.